The molecule has 0 atom stereocenters. The average Bonchev–Trinajstić information content (AvgIpc) is 2.06. The zero-order chi connectivity index (χ0) is 11.8. The Morgan fingerprint density at radius 2 is 1.87 bits per heavy atom. The molecule has 1 nitrogen and oxygen atoms in total. The first-order valence-electron chi connectivity index (χ1n) is 3.75. The molecule has 0 N–H and O–H groups in total. The smallest absolute Gasteiger partial charge is 0.254 e. The topological polar surface area (TPSA) is 12.9 Å². The number of alkyl halides is 5. The maximum Gasteiger partial charge on any atom is 0.418 e. The Morgan fingerprint density at radius 3 is 2.27 bits per heavy atom. The van der Waals surface area contributed by atoms with Gasteiger partial charge in [0.25, 0.3) is 6.43 Å². The highest BCUT2D eigenvalue weighted by Gasteiger charge is 2.35. The van der Waals surface area contributed by atoms with Crippen LogP contribution in [0.4, 0.5) is 22.0 Å². The van der Waals surface area contributed by atoms with Crippen molar-refractivity contribution >= 4 is 15.9 Å². The quantitative estimate of drug-likeness (QED) is 0.709. The third kappa shape index (κ3) is 2.45. The van der Waals surface area contributed by atoms with Crippen molar-refractivity contribution in [3.05, 3.63) is 27.5 Å². The lowest BCUT2D eigenvalue weighted by Crippen LogP contribution is -2.09. The number of nitrogens with zero attached hydrogens (tertiary/aromatic N) is 1. The summed E-state index contributed by atoms with van der Waals surface area (Å²) in [7, 11) is 0. The molecule has 0 aliphatic rings. The molecular formula is C8H5BrF5N. The van der Waals surface area contributed by atoms with Crippen LogP contribution in [0.25, 0.3) is 0 Å². The van der Waals surface area contributed by atoms with Gasteiger partial charge < -0.3 is 0 Å². The van der Waals surface area contributed by atoms with Crippen molar-refractivity contribution in [2.45, 2.75) is 19.5 Å². The van der Waals surface area contributed by atoms with Gasteiger partial charge in [-0.2, -0.15) is 13.2 Å². The minimum absolute atomic E-state index is 0.195. The van der Waals surface area contributed by atoms with E-state index in [2.05, 4.69) is 20.9 Å². The molecule has 0 saturated heterocycles. The van der Waals surface area contributed by atoms with Crippen LogP contribution in [0.3, 0.4) is 0 Å². The van der Waals surface area contributed by atoms with E-state index in [-0.39, 0.29) is 10.0 Å². The molecule has 0 radical (unpaired) electrons. The van der Waals surface area contributed by atoms with E-state index in [0.29, 0.717) is 6.20 Å². The number of aromatic nitrogens is 1. The van der Waals surface area contributed by atoms with Crippen molar-refractivity contribution in [1.29, 1.82) is 0 Å². The molecule has 0 spiro atoms. The fourth-order valence-electron chi connectivity index (χ4n) is 1.02. The van der Waals surface area contributed by atoms with Crippen LogP contribution >= 0.6 is 15.9 Å². The maximum absolute atomic E-state index is 12.3. The van der Waals surface area contributed by atoms with Gasteiger partial charge in [0.2, 0.25) is 0 Å². The van der Waals surface area contributed by atoms with Crippen LogP contribution in [0.2, 0.25) is 0 Å². The van der Waals surface area contributed by atoms with Crippen molar-refractivity contribution in [3.63, 3.8) is 0 Å². The first-order valence-corrected chi connectivity index (χ1v) is 4.54. The van der Waals surface area contributed by atoms with E-state index in [1.54, 1.807) is 0 Å². The molecule has 0 aromatic carbocycles. The Hall–Kier alpha value is -0.720. The van der Waals surface area contributed by atoms with Crippen LogP contribution in [-0.2, 0) is 6.18 Å². The Morgan fingerprint density at radius 1 is 1.33 bits per heavy atom. The first-order chi connectivity index (χ1) is 6.75. The number of halogens is 6. The summed E-state index contributed by atoms with van der Waals surface area (Å²) >= 11 is 2.64. The molecule has 15 heavy (non-hydrogen) atoms. The molecule has 84 valence electrons. The van der Waals surface area contributed by atoms with Gasteiger partial charge in [-0.15, -0.1) is 0 Å². The lowest BCUT2D eigenvalue weighted by molar-refractivity contribution is -0.138. The van der Waals surface area contributed by atoms with Gasteiger partial charge >= 0.3 is 6.18 Å². The SMILES string of the molecule is Cc1c(C(F)F)ncc(C(F)(F)F)c1Br. The standard InChI is InChI=1S/C8H5BrF5N/c1-3-5(9)4(8(12,13)14)2-15-6(3)7(10)11/h2,7H,1H3. The third-order valence-electron chi connectivity index (χ3n) is 1.79. The number of rotatable bonds is 1. The van der Waals surface area contributed by atoms with Gasteiger partial charge in [-0.3, -0.25) is 4.98 Å². The van der Waals surface area contributed by atoms with E-state index in [4.69, 9.17) is 0 Å². The first kappa shape index (κ1) is 12.4. The number of pyridine rings is 1. The molecule has 0 unspecified atom stereocenters. The highest BCUT2D eigenvalue weighted by molar-refractivity contribution is 9.10. The van der Waals surface area contributed by atoms with Crippen molar-refractivity contribution in [2.24, 2.45) is 0 Å². The van der Waals surface area contributed by atoms with Crippen LogP contribution in [0.1, 0.15) is 23.2 Å². The Balaban J connectivity index is 3.34. The zero-order valence-electron chi connectivity index (χ0n) is 7.37. The van der Waals surface area contributed by atoms with Crippen LogP contribution in [0.5, 0.6) is 0 Å². The van der Waals surface area contributed by atoms with E-state index < -0.39 is 23.9 Å². The third-order valence-corrected chi connectivity index (χ3v) is 2.82. The highest BCUT2D eigenvalue weighted by atomic mass is 79.9. The van der Waals surface area contributed by atoms with Crippen molar-refractivity contribution in [1.82, 2.24) is 4.98 Å². The summed E-state index contributed by atoms with van der Waals surface area (Å²) in [4.78, 5) is 3.11. The second kappa shape index (κ2) is 4.03. The molecule has 0 fully saturated rings. The fourth-order valence-corrected chi connectivity index (χ4v) is 1.55. The van der Waals surface area contributed by atoms with E-state index >= 15 is 0 Å². The fraction of sp³-hybridized carbons (Fsp3) is 0.375. The molecule has 0 bridgehead atoms. The summed E-state index contributed by atoms with van der Waals surface area (Å²) in [6.45, 7) is 1.16. The summed E-state index contributed by atoms with van der Waals surface area (Å²) < 4.78 is 61.1. The lowest BCUT2D eigenvalue weighted by atomic mass is 10.1. The van der Waals surface area contributed by atoms with Gasteiger partial charge in [-0.1, -0.05) is 0 Å². The largest absolute Gasteiger partial charge is 0.418 e. The van der Waals surface area contributed by atoms with Crippen molar-refractivity contribution < 1.29 is 22.0 Å². The predicted molar refractivity (Wildman–Crippen MR) is 46.6 cm³/mol. The monoisotopic (exact) mass is 289 g/mol. The van der Waals surface area contributed by atoms with Crippen molar-refractivity contribution in [2.75, 3.05) is 0 Å². The van der Waals surface area contributed by atoms with Gasteiger partial charge in [0.15, 0.2) is 0 Å². The lowest BCUT2D eigenvalue weighted by Gasteiger charge is -2.12. The Kier molecular flexibility index (Phi) is 3.32. The second-order valence-corrected chi connectivity index (χ2v) is 3.59. The number of hydrogen-bond donors (Lipinski definition) is 0. The summed E-state index contributed by atoms with van der Waals surface area (Å²) in [5.74, 6) is 0. The van der Waals surface area contributed by atoms with E-state index in [1.807, 2.05) is 0 Å². The van der Waals surface area contributed by atoms with Gasteiger partial charge in [-0.05, 0) is 28.4 Å². The maximum atomic E-state index is 12.3. The molecule has 1 aromatic rings. The summed E-state index contributed by atoms with van der Waals surface area (Å²) in [5.41, 5.74) is -1.89. The van der Waals surface area contributed by atoms with Gasteiger partial charge in [0.1, 0.15) is 5.69 Å². The van der Waals surface area contributed by atoms with Crippen molar-refractivity contribution in [3.8, 4) is 0 Å². The summed E-state index contributed by atoms with van der Waals surface area (Å²) in [6, 6.07) is 0. The van der Waals surface area contributed by atoms with E-state index in [9.17, 15) is 22.0 Å². The average molecular weight is 290 g/mol. The Bertz CT molecular complexity index is 374. The molecule has 1 aromatic heterocycles. The van der Waals surface area contributed by atoms with Gasteiger partial charge in [-0.25, -0.2) is 8.78 Å². The van der Waals surface area contributed by atoms with E-state index in [0.717, 1.165) is 6.92 Å². The number of hydrogen-bond acceptors (Lipinski definition) is 1. The summed E-state index contributed by atoms with van der Waals surface area (Å²) in [5, 5.41) is 0. The molecule has 7 heteroatoms. The zero-order valence-corrected chi connectivity index (χ0v) is 8.96. The molecule has 0 amide bonds. The molecular weight excluding hydrogens is 285 g/mol. The molecule has 1 heterocycles. The minimum atomic E-state index is -4.60. The molecule has 0 aliphatic carbocycles. The molecule has 0 aliphatic heterocycles. The van der Waals surface area contributed by atoms with Crippen LogP contribution < -0.4 is 0 Å². The molecule has 1 rings (SSSR count). The van der Waals surface area contributed by atoms with E-state index in [1.165, 1.54) is 0 Å². The van der Waals surface area contributed by atoms with Gasteiger partial charge in [0.05, 0.1) is 5.56 Å². The normalized spacial score (nSPS) is 12.3. The van der Waals surface area contributed by atoms with Crippen LogP contribution in [0, 0.1) is 6.92 Å². The minimum Gasteiger partial charge on any atom is -0.254 e. The highest BCUT2D eigenvalue weighted by Crippen LogP contribution is 2.37. The Labute approximate surface area is 90.4 Å². The second-order valence-electron chi connectivity index (χ2n) is 2.79. The van der Waals surface area contributed by atoms with Crippen LogP contribution in [0.15, 0.2) is 10.7 Å². The van der Waals surface area contributed by atoms with Gasteiger partial charge in [0, 0.05) is 10.7 Å². The van der Waals surface area contributed by atoms with Crippen LogP contribution in [-0.4, -0.2) is 4.98 Å². The predicted octanol–water partition coefficient (Wildman–Crippen LogP) is 4.11. The molecule has 0 saturated carbocycles. The summed E-state index contributed by atoms with van der Waals surface area (Å²) in [6.07, 6.45) is -7.08.